The van der Waals surface area contributed by atoms with Crippen molar-refractivity contribution < 1.29 is 0 Å². The van der Waals surface area contributed by atoms with Crippen LogP contribution in [0.2, 0.25) is 0 Å². The van der Waals surface area contributed by atoms with Crippen LogP contribution in [0, 0.1) is 13.8 Å². The van der Waals surface area contributed by atoms with E-state index in [4.69, 9.17) is 5.73 Å². The molecule has 2 heterocycles. The molecule has 0 aromatic carbocycles. The third-order valence-electron chi connectivity index (χ3n) is 2.14. The SMILES string of the molecule is CSc1nc(N)nc(-c2cc(C)cc(C)n2)n1. The van der Waals surface area contributed by atoms with Crippen LogP contribution in [0.25, 0.3) is 11.5 Å². The number of hydrogen-bond donors (Lipinski definition) is 1. The molecule has 2 N–H and O–H groups in total. The van der Waals surface area contributed by atoms with Crippen molar-refractivity contribution in [1.29, 1.82) is 0 Å². The van der Waals surface area contributed by atoms with Gasteiger partial charge in [-0.3, -0.25) is 0 Å². The molecule has 0 aliphatic rings. The molecule has 0 fully saturated rings. The summed E-state index contributed by atoms with van der Waals surface area (Å²) in [5, 5.41) is 0.605. The molecule has 2 rings (SSSR count). The first-order valence-electron chi connectivity index (χ1n) is 5.09. The van der Waals surface area contributed by atoms with Crippen LogP contribution in [-0.2, 0) is 0 Å². The van der Waals surface area contributed by atoms with Crippen molar-refractivity contribution in [3.63, 3.8) is 0 Å². The van der Waals surface area contributed by atoms with Gasteiger partial charge in [0.15, 0.2) is 11.0 Å². The summed E-state index contributed by atoms with van der Waals surface area (Å²) >= 11 is 1.43. The highest BCUT2D eigenvalue weighted by molar-refractivity contribution is 7.98. The number of aromatic nitrogens is 4. The number of anilines is 1. The van der Waals surface area contributed by atoms with E-state index in [9.17, 15) is 0 Å². The molecule has 0 atom stereocenters. The standard InChI is InChI=1S/C11H13N5S/c1-6-4-7(2)13-8(5-6)9-14-10(12)16-11(15-9)17-3/h4-5H,1-3H3,(H2,12,14,15,16). The Morgan fingerprint density at radius 1 is 1.06 bits per heavy atom. The fraction of sp³-hybridized carbons (Fsp3) is 0.273. The molecule has 0 amide bonds. The summed E-state index contributed by atoms with van der Waals surface area (Å²) < 4.78 is 0. The van der Waals surface area contributed by atoms with Crippen LogP contribution in [0.5, 0.6) is 0 Å². The van der Waals surface area contributed by atoms with Gasteiger partial charge in [0.05, 0.1) is 0 Å². The van der Waals surface area contributed by atoms with E-state index < -0.39 is 0 Å². The lowest BCUT2D eigenvalue weighted by atomic mass is 10.2. The first-order valence-corrected chi connectivity index (χ1v) is 6.32. The first-order chi connectivity index (χ1) is 8.08. The average molecular weight is 247 g/mol. The van der Waals surface area contributed by atoms with E-state index in [1.165, 1.54) is 11.8 Å². The van der Waals surface area contributed by atoms with Crippen molar-refractivity contribution in [2.45, 2.75) is 19.0 Å². The van der Waals surface area contributed by atoms with E-state index in [-0.39, 0.29) is 5.95 Å². The summed E-state index contributed by atoms with van der Waals surface area (Å²) in [5.74, 6) is 0.744. The fourth-order valence-electron chi connectivity index (χ4n) is 1.53. The van der Waals surface area contributed by atoms with Crippen LogP contribution in [0.15, 0.2) is 17.3 Å². The number of pyridine rings is 1. The van der Waals surface area contributed by atoms with Gasteiger partial charge in [-0.2, -0.15) is 9.97 Å². The van der Waals surface area contributed by atoms with Gasteiger partial charge in [0.1, 0.15) is 5.69 Å². The maximum atomic E-state index is 5.65. The number of nitrogen functional groups attached to an aromatic ring is 1. The Bertz CT molecular complexity index is 535. The number of aryl methyl sites for hydroxylation is 2. The summed E-state index contributed by atoms with van der Waals surface area (Å²) in [7, 11) is 0. The number of rotatable bonds is 2. The van der Waals surface area contributed by atoms with Crippen molar-refractivity contribution in [2.75, 3.05) is 12.0 Å². The zero-order valence-corrected chi connectivity index (χ0v) is 10.7. The van der Waals surface area contributed by atoms with Crippen LogP contribution in [-0.4, -0.2) is 26.2 Å². The minimum absolute atomic E-state index is 0.223. The van der Waals surface area contributed by atoms with Crippen molar-refractivity contribution in [1.82, 2.24) is 19.9 Å². The predicted octanol–water partition coefficient (Wildman–Crippen LogP) is 1.85. The van der Waals surface area contributed by atoms with E-state index in [1.807, 2.05) is 32.2 Å². The Morgan fingerprint density at radius 3 is 2.47 bits per heavy atom. The van der Waals surface area contributed by atoms with E-state index >= 15 is 0 Å². The maximum Gasteiger partial charge on any atom is 0.224 e. The molecule has 0 saturated heterocycles. The Balaban J connectivity index is 2.55. The number of hydrogen-bond acceptors (Lipinski definition) is 6. The van der Waals surface area contributed by atoms with Crippen LogP contribution in [0.1, 0.15) is 11.3 Å². The molecule has 2 aromatic rings. The van der Waals surface area contributed by atoms with Gasteiger partial charge in [0.25, 0.3) is 0 Å². The molecule has 88 valence electrons. The normalized spacial score (nSPS) is 10.5. The Kier molecular flexibility index (Phi) is 3.23. The molecule has 0 radical (unpaired) electrons. The van der Waals surface area contributed by atoms with Crippen LogP contribution in [0.3, 0.4) is 0 Å². The van der Waals surface area contributed by atoms with E-state index in [1.54, 1.807) is 0 Å². The van der Waals surface area contributed by atoms with Crippen LogP contribution >= 0.6 is 11.8 Å². The number of nitrogens with zero attached hydrogens (tertiary/aromatic N) is 4. The minimum Gasteiger partial charge on any atom is -0.368 e. The molecular formula is C11H13N5S. The topological polar surface area (TPSA) is 77.6 Å². The van der Waals surface area contributed by atoms with Crippen molar-refractivity contribution in [2.24, 2.45) is 0 Å². The van der Waals surface area contributed by atoms with Gasteiger partial charge in [-0.05, 0) is 37.8 Å². The summed E-state index contributed by atoms with van der Waals surface area (Å²) in [6.45, 7) is 3.95. The second kappa shape index (κ2) is 4.67. The molecule has 0 bridgehead atoms. The van der Waals surface area contributed by atoms with Gasteiger partial charge in [-0.1, -0.05) is 11.8 Å². The zero-order chi connectivity index (χ0) is 12.4. The Morgan fingerprint density at radius 2 is 1.82 bits per heavy atom. The lowest BCUT2D eigenvalue weighted by Crippen LogP contribution is -2.02. The molecule has 0 unspecified atom stereocenters. The zero-order valence-electron chi connectivity index (χ0n) is 9.93. The second-order valence-corrected chi connectivity index (χ2v) is 4.45. The van der Waals surface area contributed by atoms with Gasteiger partial charge in [0.2, 0.25) is 5.95 Å². The smallest absolute Gasteiger partial charge is 0.224 e. The highest BCUT2D eigenvalue weighted by Gasteiger charge is 2.08. The molecule has 6 heteroatoms. The predicted molar refractivity (Wildman–Crippen MR) is 68.7 cm³/mol. The molecule has 17 heavy (non-hydrogen) atoms. The molecule has 0 aliphatic carbocycles. The lowest BCUT2D eigenvalue weighted by Gasteiger charge is -2.04. The number of thioether (sulfide) groups is 1. The minimum atomic E-state index is 0.223. The molecule has 0 aliphatic heterocycles. The molecule has 0 saturated carbocycles. The quantitative estimate of drug-likeness (QED) is 0.816. The highest BCUT2D eigenvalue weighted by Crippen LogP contribution is 2.18. The monoisotopic (exact) mass is 247 g/mol. The fourth-order valence-corrected chi connectivity index (χ4v) is 1.90. The van der Waals surface area contributed by atoms with Gasteiger partial charge >= 0.3 is 0 Å². The Hall–Kier alpha value is -1.69. The molecular weight excluding hydrogens is 234 g/mol. The summed E-state index contributed by atoms with van der Waals surface area (Å²) in [6.07, 6.45) is 1.90. The van der Waals surface area contributed by atoms with Gasteiger partial charge < -0.3 is 5.73 Å². The van der Waals surface area contributed by atoms with E-state index in [0.717, 1.165) is 17.0 Å². The van der Waals surface area contributed by atoms with E-state index in [0.29, 0.717) is 11.0 Å². The summed E-state index contributed by atoms with van der Waals surface area (Å²) in [5.41, 5.74) is 8.43. The van der Waals surface area contributed by atoms with Crippen LogP contribution < -0.4 is 5.73 Å². The maximum absolute atomic E-state index is 5.65. The van der Waals surface area contributed by atoms with Crippen molar-refractivity contribution in [3.05, 3.63) is 23.4 Å². The lowest BCUT2D eigenvalue weighted by molar-refractivity contribution is 0.919. The van der Waals surface area contributed by atoms with Gasteiger partial charge in [-0.25, -0.2) is 9.97 Å². The first kappa shape index (κ1) is 11.8. The van der Waals surface area contributed by atoms with Gasteiger partial charge in [0, 0.05) is 5.69 Å². The molecule has 5 nitrogen and oxygen atoms in total. The highest BCUT2D eigenvalue weighted by atomic mass is 32.2. The second-order valence-electron chi connectivity index (χ2n) is 3.68. The van der Waals surface area contributed by atoms with Gasteiger partial charge in [-0.15, -0.1) is 0 Å². The van der Waals surface area contributed by atoms with Crippen molar-refractivity contribution >= 4 is 17.7 Å². The molecule has 0 spiro atoms. The number of nitrogens with two attached hydrogens (primary N) is 1. The van der Waals surface area contributed by atoms with Crippen molar-refractivity contribution in [3.8, 4) is 11.5 Å². The molecule has 2 aromatic heterocycles. The average Bonchev–Trinajstić information content (AvgIpc) is 2.26. The summed E-state index contributed by atoms with van der Waals surface area (Å²) in [6, 6.07) is 3.94. The third-order valence-corrected chi connectivity index (χ3v) is 2.69. The van der Waals surface area contributed by atoms with E-state index in [2.05, 4.69) is 19.9 Å². The third kappa shape index (κ3) is 2.71. The summed E-state index contributed by atoms with van der Waals surface area (Å²) in [4.78, 5) is 16.8. The van der Waals surface area contributed by atoms with Crippen LogP contribution in [0.4, 0.5) is 5.95 Å². The Labute approximate surface area is 104 Å². The largest absolute Gasteiger partial charge is 0.368 e.